The molecule has 0 unspecified atom stereocenters. The van der Waals surface area contributed by atoms with Crippen LogP contribution in [0.25, 0.3) is 28.0 Å². The number of amides is 1. The second-order valence-corrected chi connectivity index (χ2v) is 6.21. The fourth-order valence-electron chi connectivity index (χ4n) is 3.01. The van der Waals surface area contributed by atoms with E-state index in [4.69, 9.17) is 9.15 Å². The van der Waals surface area contributed by atoms with Crippen LogP contribution in [0.2, 0.25) is 0 Å². The average molecular weight is 371 g/mol. The summed E-state index contributed by atoms with van der Waals surface area (Å²) in [6.07, 6.45) is 3.19. The predicted molar refractivity (Wildman–Crippen MR) is 111 cm³/mol. The largest absolute Gasteiger partial charge is 0.493 e. The Morgan fingerprint density at radius 1 is 1.00 bits per heavy atom. The number of benzene rings is 3. The summed E-state index contributed by atoms with van der Waals surface area (Å²) >= 11 is 0. The number of nitrogens with one attached hydrogen (secondary N) is 1. The fraction of sp³-hybridized carbons (Fsp3) is 0.0435. The highest BCUT2D eigenvalue weighted by molar-refractivity contribution is 6.03. The summed E-state index contributed by atoms with van der Waals surface area (Å²) in [6.45, 7) is 0. The minimum Gasteiger partial charge on any atom is -0.493 e. The van der Waals surface area contributed by atoms with Gasteiger partial charge in [-0.25, -0.2) is 0 Å². The number of carbonyl (C=O) groups is 1. The van der Waals surface area contributed by atoms with Gasteiger partial charge in [-0.15, -0.1) is 0 Å². The lowest BCUT2D eigenvalue weighted by atomic mass is 10.1. The van der Waals surface area contributed by atoms with Gasteiger partial charge in [0.1, 0.15) is 5.58 Å². The number of para-hydroxylation sites is 1. The Morgan fingerprint density at radius 3 is 2.61 bits per heavy atom. The number of methoxy groups -OCH3 is 1. The molecule has 0 atom stereocenters. The van der Waals surface area contributed by atoms with Crippen molar-refractivity contribution in [2.75, 3.05) is 12.4 Å². The summed E-state index contributed by atoms with van der Waals surface area (Å²) in [5.74, 6) is 0.209. The van der Waals surface area contributed by atoms with E-state index in [1.54, 1.807) is 42.5 Å². The van der Waals surface area contributed by atoms with Crippen LogP contribution in [0.1, 0.15) is 5.56 Å². The molecule has 1 aromatic heterocycles. The van der Waals surface area contributed by atoms with E-state index in [2.05, 4.69) is 5.32 Å². The molecule has 0 saturated heterocycles. The van der Waals surface area contributed by atoms with Gasteiger partial charge in [-0.1, -0.05) is 36.4 Å². The Balaban J connectivity index is 1.67. The number of fused-ring (bicyclic) bond motifs is 2. The van der Waals surface area contributed by atoms with Crippen LogP contribution >= 0.6 is 0 Å². The molecule has 0 aliphatic carbocycles. The van der Waals surface area contributed by atoms with Crippen molar-refractivity contribution in [3.8, 4) is 5.75 Å². The van der Waals surface area contributed by atoms with Gasteiger partial charge >= 0.3 is 0 Å². The van der Waals surface area contributed by atoms with Crippen LogP contribution in [0.3, 0.4) is 0 Å². The van der Waals surface area contributed by atoms with Gasteiger partial charge < -0.3 is 14.5 Å². The van der Waals surface area contributed by atoms with Gasteiger partial charge in [0, 0.05) is 17.8 Å². The van der Waals surface area contributed by atoms with Crippen molar-refractivity contribution in [3.63, 3.8) is 0 Å². The molecule has 0 aliphatic rings. The molecule has 0 saturated carbocycles. The molecule has 5 heteroatoms. The third kappa shape index (κ3) is 3.38. The lowest BCUT2D eigenvalue weighted by molar-refractivity contribution is -0.111. The zero-order valence-electron chi connectivity index (χ0n) is 15.1. The molecule has 4 rings (SSSR count). The van der Waals surface area contributed by atoms with Crippen LogP contribution in [0.5, 0.6) is 5.75 Å². The van der Waals surface area contributed by atoms with Crippen LogP contribution in [0.4, 0.5) is 5.69 Å². The van der Waals surface area contributed by atoms with Gasteiger partial charge in [0.2, 0.25) is 11.3 Å². The number of ether oxygens (including phenoxy) is 1. The third-order valence-corrected chi connectivity index (χ3v) is 4.38. The highest BCUT2D eigenvalue weighted by Gasteiger charge is 2.12. The summed E-state index contributed by atoms with van der Waals surface area (Å²) in [4.78, 5) is 24.9. The van der Waals surface area contributed by atoms with Gasteiger partial charge in [-0.05, 0) is 35.9 Å². The number of hydrogen-bond donors (Lipinski definition) is 1. The fourth-order valence-corrected chi connectivity index (χ4v) is 3.01. The quantitative estimate of drug-likeness (QED) is 0.420. The highest BCUT2D eigenvalue weighted by Crippen LogP contribution is 2.28. The van der Waals surface area contributed by atoms with Crippen LogP contribution in [0, 0.1) is 0 Å². The Morgan fingerprint density at radius 2 is 1.82 bits per heavy atom. The van der Waals surface area contributed by atoms with E-state index in [-0.39, 0.29) is 11.3 Å². The van der Waals surface area contributed by atoms with Crippen molar-refractivity contribution in [1.82, 2.24) is 0 Å². The zero-order chi connectivity index (χ0) is 19.5. The molecule has 0 bridgehead atoms. The Labute approximate surface area is 160 Å². The van der Waals surface area contributed by atoms with E-state index >= 15 is 0 Å². The molecular weight excluding hydrogens is 354 g/mol. The molecule has 1 amide bonds. The highest BCUT2D eigenvalue weighted by atomic mass is 16.5. The molecule has 28 heavy (non-hydrogen) atoms. The number of rotatable bonds is 4. The third-order valence-electron chi connectivity index (χ3n) is 4.38. The van der Waals surface area contributed by atoms with E-state index in [1.807, 2.05) is 30.3 Å². The molecular formula is C23H17NO4. The van der Waals surface area contributed by atoms with E-state index in [0.717, 1.165) is 5.56 Å². The van der Waals surface area contributed by atoms with Crippen LogP contribution in [-0.4, -0.2) is 13.0 Å². The topological polar surface area (TPSA) is 68.5 Å². The summed E-state index contributed by atoms with van der Waals surface area (Å²) in [7, 11) is 1.52. The molecule has 1 N–H and O–H groups in total. The molecule has 4 aromatic rings. The molecule has 5 nitrogen and oxygen atoms in total. The van der Waals surface area contributed by atoms with Gasteiger partial charge in [0.25, 0.3) is 0 Å². The van der Waals surface area contributed by atoms with E-state index in [1.165, 1.54) is 13.2 Å². The van der Waals surface area contributed by atoms with Gasteiger partial charge in [-0.2, -0.15) is 0 Å². The summed E-state index contributed by atoms with van der Waals surface area (Å²) in [5.41, 5.74) is 2.09. The van der Waals surface area contributed by atoms with E-state index in [0.29, 0.717) is 33.4 Å². The molecule has 138 valence electrons. The Kier molecular flexibility index (Phi) is 4.64. The van der Waals surface area contributed by atoms with E-state index < -0.39 is 0 Å². The van der Waals surface area contributed by atoms with Crippen molar-refractivity contribution in [3.05, 3.63) is 88.6 Å². The maximum absolute atomic E-state index is 12.7. The lowest BCUT2D eigenvalue weighted by Gasteiger charge is -2.07. The molecule has 3 aromatic carbocycles. The average Bonchev–Trinajstić information content (AvgIpc) is 2.73. The maximum Gasteiger partial charge on any atom is 0.248 e. The van der Waals surface area contributed by atoms with Crippen LogP contribution in [-0.2, 0) is 4.79 Å². The van der Waals surface area contributed by atoms with Gasteiger partial charge in [0.15, 0.2) is 11.3 Å². The standard InChI is InChI=1S/C23H17NO4/c1-27-19-9-5-8-18-22(26)17-12-11-16(14-20(17)28-23(18)19)24-21(25)13-10-15-6-3-2-4-7-15/h2-14H,1H3,(H,24,25). The first-order valence-electron chi connectivity index (χ1n) is 8.73. The zero-order valence-corrected chi connectivity index (χ0v) is 15.1. The monoisotopic (exact) mass is 371 g/mol. The second-order valence-electron chi connectivity index (χ2n) is 6.21. The summed E-state index contributed by atoms with van der Waals surface area (Å²) in [6, 6.07) is 19.7. The van der Waals surface area contributed by atoms with Gasteiger partial charge in [-0.3, -0.25) is 9.59 Å². The maximum atomic E-state index is 12.7. The first-order chi connectivity index (χ1) is 13.7. The Bertz CT molecular complexity index is 1260. The lowest BCUT2D eigenvalue weighted by Crippen LogP contribution is -2.08. The first-order valence-corrected chi connectivity index (χ1v) is 8.73. The van der Waals surface area contributed by atoms with Crippen molar-refractivity contribution in [2.24, 2.45) is 0 Å². The van der Waals surface area contributed by atoms with Crippen molar-refractivity contribution in [1.29, 1.82) is 0 Å². The molecule has 0 radical (unpaired) electrons. The minimum absolute atomic E-state index is 0.142. The van der Waals surface area contributed by atoms with Crippen molar-refractivity contribution < 1.29 is 13.9 Å². The molecule has 0 fully saturated rings. The number of hydrogen-bond acceptors (Lipinski definition) is 4. The summed E-state index contributed by atoms with van der Waals surface area (Å²) < 4.78 is 11.2. The number of carbonyl (C=O) groups excluding carboxylic acids is 1. The van der Waals surface area contributed by atoms with E-state index in [9.17, 15) is 9.59 Å². The minimum atomic E-state index is -0.274. The van der Waals surface area contributed by atoms with Crippen LogP contribution < -0.4 is 15.5 Å². The molecule has 0 aliphatic heterocycles. The first kappa shape index (κ1) is 17.5. The van der Waals surface area contributed by atoms with Crippen molar-refractivity contribution in [2.45, 2.75) is 0 Å². The smallest absolute Gasteiger partial charge is 0.248 e. The molecule has 0 spiro atoms. The molecule has 1 heterocycles. The predicted octanol–water partition coefficient (Wildman–Crippen LogP) is 4.61. The normalized spacial score (nSPS) is 11.2. The Hall–Kier alpha value is -3.86. The van der Waals surface area contributed by atoms with Gasteiger partial charge in [0.05, 0.1) is 17.9 Å². The number of anilines is 1. The summed E-state index contributed by atoms with van der Waals surface area (Å²) in [5, 5.41) is 3.68. The second kappa shape index (κ2) is 7.40. The van der Waals surface area contributed by atoms with Crippen molar-refractivity contribution >= 4 is 39.6 Å². The SMILES string of the molecule is COc1cccc2c(=O)c3ccc(NC(=O)C=Cc4ccccc4)cc3oc12. The van der Waals surface area contributed by atoms with Crippen LogP contribution in [0.15, 0.2) is 82.0 Å².